The third-order valence-corrected chi connectivity index (χ3v) is 6.55. The van der Waals surface area contributed by atoms with Gasteiger partial charge >= 0.3 is 6.36 Å². The SMILES string of the molecule is CN(C)c1nc(N[C@H]2CC[C@@H](NC(=S)Nc3ccc(OC(F)(F)F)cc3)CC2)nc2c1CCCC2. The van der Waals surface area contributed by atoms with Crippen molar-refractivity contribution in [3.8, 4) is 5.75 Å². The number of halogens is 3. The fraction of sp³-hybridized carbons (Fsp3) is 0.542. The van der Waals surface area contributed by atoms with Crippen molar-refractivity contribution < 1.29 is 17.9 Å². The van der Waals surface area contributed by atoms with Crippen molar-refractivity contribution in [2.75, 3.05) is 29.6 Å². The molecule has 1 aromatic heterocycles. The molecule has 3 N–H and O–H groups in total. The number of nitrogens with one attached hydrogen (secondary N) is 3. The van der Waals surface area contributed by atoms with Crippen molar-refractivity contribution in [3.63, 3.8) is 0 Å². The Labute approximate surface area is 208 Å². The molecule has 0 saturated heterocycles. The van der Waals surface area contributed by atoms with Gasteiger partial charge in [0.15, 0.2) is 5.11 Å². The van der Waals surface area contributed by atoms with Gasteiger partial charge in [0.05, 0.1) is 5.69 Å². The normalized spacial score (nSPS) is 19.9. The smallest absolute Gasteiger partial charge is 0.406 e. The summed E-state index contributed by atoms with van der Waals surface area (Å²) >= 11 is 5.39. The van der Waals surface area contributed by atoms with Gasteiger partial charge in [-0.15, -0.1) is 13.2 Å². The van der Waals surface area contributed by atoms with Crippen LogP contribution < -0.4 is 25.6 Å². The van der Waals surface area contributed by atoms with Crippen molar-refractivity contribution in [3.05, 3.63) is 35.5 Å². The minimum atomic E-state index is -4.71. The van der Waals surface area contributed by atoms with E-state index in [4.69, 9.17) is 22.2 Å². The number of hydrogen-bond donors (Lipinski definition) is 3. The molecule has 0 spiro atoms. The Balaban J connectivity index is 1.25. The van der Waals surface area contributed by atoms with Crippen molar-refractivity contribution in [1.29, 1.82) is 0 Å². The second-order valence-electron chi connectivity index (χ2n) is 9.26. The Hall–Kier alpha value is -2.82. The van der Waals surface area contributed by atoms with Crippen molar-refractivity contribution in [2.24, 2.45) is 0 Å². The summed E-state index contributed by atoms with van der Waals surface area (Å²) in [5, 5.41) is 10.3. The number of rotatable bonds is 6. The number of aromatic nitrogens is 2. The molecule has 0 atom stereocenters. The van der Waals surface area contributed by atoms with E-state index in [1.165, 1.54) is 48.4 Å². The molecule has 4 rings (SSSR count). The average Bonchev–Trinajstić information content (AvgIpc) is 2.80. The third-order valence-electron chi connectivity index (χ3n) is 6.33. The van der Waals surface area contributed by atoms with Gasteiger partial charge in [0.1, 0.15) is 11.6 Å². The maximum atomic E-state index is 12.3. The Kier molecular flexibility index (Phi) is 7.83. The van der Waals surface area contributed by atoms with E-state index < -0.39 is 6.36 Å². The first kappa shape index (κ1) is 25.3. The van der Waals surface area contributed by atoms with Crippen LogP contribution >= 0.6 is 12.2 Å². The lowest BCUT2D eigenvalue weighted by Gasteiger charge is -2.31. The molecule has 0 unspecified atom stereocenters. The number of hydrogen-bond acceptors (Lipinski definition) is 6. The molecule has 0 aliphatic heterocycles. The summed E-state index contributed by atoms with van der Waals surface area (Å²) in [5.74, 6) is 1.45. The van der Waals surface area contributed by atoms with Crippen molar-refractivity contribution >= 4 is 34.8 Å². The van der Waals surface area contributed by atoms with Gasteiger partial charge in [-0.2, -0.15) is 4.98 Å². The van der Waals surface area contributed by atoms with Gasteiger partial charge in [0, 0.05) is 37.4 Å². The monoisotopic (exact) mass is 508 g/mol. The molecule has 0 amide bonds. The quantitative estimate of drug-likeness (QED) is 0.470. The van der Waals surface area contributed by atoms with Gasteiger partial charge in [-0.1, -0.05) is 0 Å². The van der Waals surface area contributed by atoms with E-state index in [1.54, 1.807) is 0 Å². The topological polar surface area (TPSA) is 74.3 Å². The van der Waals surface area contributed by atoms with Crippen LogP contribution in [0.1, 0.15) is 49.8 Å². The molecule has 2 aromatic rings. The second kappa shape index (κ2) is 10.8. The number of thiocarbonyl (C=S) groups is 1. The first-order chi connectivity index (χ1) is 16.7. The molecular weight excluding hydrogens is 477 g/mol. The minimum Gasteiger partial charge on any atom is -0.406 e. The highest BCUT2D eigenvalue weighted by molar-refractivity contribution is 7.80. The largest absolute Gasteiger partial charge is 0.573 e. The predicted octanol–water partition coefficient (Wildman–Crippen LogP) is 5.03. The third kappa shape index (κ3) is 7.09. The van der Waals surface area contributed by atoms with Crippen LogP contribution in [-0.4, -0.2) is 47.6 Å². The number of anilines is 3. The summed E-state index contributed by atoms with van der Waals surface area (Å²) < 4.78 is 40.8. The molecule has 2 aliphatic carbocycles. The molecular formula is C24H31F3N6OS. The van der Waals surface area contributed by atoms with Crippen LogP contribution in [0.4, 0.5) is 30.6 Å². The summed E-state index contributed by atoms with van der Waals surface area (Å²) in [4.78, 5) is 11.7. The first-order valence-corrected chi connectivity index (χ1v) is 12.3. The summed E-state index contributed by atoms with van der Waals surface area (Å²) in [6.07, 6.45) is 3.49. The highest BCUT2D eigenvalue weighted by Gasteiger charge is 2.31. The average molecular weight is 509 g/mol. The summed E-state index contributed by atoms with van der Waals surface area (Å²) in [7, 11) is 4.05. The lowest BCUT2D eigenvalue weighted by molar-refractivity contribution is -0.274. The fourth-order valence-electron chi connectivity index (χ4n) is 4.67. The van der Waals surface area contributed by atoms with E-state index in [0.717, 1.165) is 44.3 Å². The number of benzene rings is 1. The second-order valence-corrected chi connectivity index (χ2v) is 9.67. The zero-order chi connectivity index (χ0) is 25.0. The Morgan fingerprint density at radius 2 is 1.66 bits per heavy atom. The predicted molar refractivity (Wildman–Crippen MR) is 135 cm³/mol. The van der Waals surface area contributed by atoms with Crippen molar-refractivity contribution in [2.45, 2.75) is 69.8 Å². The molecule has 1 saturated carbocycles. The van der Waals surface area contributed by atoms with Crippen LogP contribution in [0, 0.1) is 0 Å². The Morgan fingerprint density at radius 1 is 1.00 bits per heavy atom. The number of alkyl halides is 3. The molecule has 1 aromatic carbocycles. The summed E-state index contributed by atoms with van der Waals surface area (Å²) in [6, 6.07) is 6.02. The molecule has 35 heavy (non-hydrogen) atoms. The molecule has 190 valence electrons. The molecule has 0 bridgehead atoms. The van der Waals surface area contributed by atoms with Gasteiger partial charge in [0.2, 0.25) is 5.95 Å². The number of aryl methyl sites for hydroxylation is 1. The maximum Gasteiger partial charge on any atom is 0.573 e. The van der Waals surface area contributed by atoms with Gasteiger partial charge in [-0.3, -0.25) is 0 Å². The van der Waals surface area contributed by atoms with E-state index in [-0.39, 0.29) is 11.8 Å². The zero-order valence-corrected chi connectivity index (χ0v) is 20.7. The standard InChI is InChI=1S/C24H31F3N6OS/c1-33(2)21-19-5-3-4-6-20(19)31-22(32-21)28-15-7-9-16(10-8-15)29-23(35)30-17-11-13-18(14-12-17)34-24(25,26)27/h11-16H,3-10H2,1-2H3,(H,28,31,32)(H2,29,30,35)/t15-,16+. The van der Waals surface area contributed by atoms with E-state index in [1.807, 2.05) is 14.1 Å². The molecule has 1 heterocycles. The van der Waals surface area contributed by atoms with Gasteiger partial charge in [-0.05, 0) is 87.8 Å². The summed E-state index contributed by atoms with van der Waals surface area (Å²) in [6.45, 7) is 0. The minimum absolute atomic E-state index is 0.225. The molecule has 7 nitrogen and oxygen atoms in total. The van der Waals surface area contributed by atoms with Crippen molar-refractivity contribution in [1.82, 2.24) is 15.3 Å². The Bertz CT molecular complexity index is 1020. The molecule has 2 aliphatic rings. The molecule has 11 heteroatoms. The molecule has 1 fully saturated rings. The van der Waals surface area contributed by atoms with Gasteiger partial charge in [0.25, 0.3) is 0 Å². The highest BCUT2D eigenvalue weighted by atomic mass is 32.1. The summed E-state index contributed by atoms with van der Waals surface area (Å²) in [5.41, 5.74) is 3.04. The first-order valence-electron chi connectivity index (χ1n) is 11.9. The maximum absolute atomic E-state index is 12.3. The fourth-order valence-corrected chi connectivity index (χ4v) is 4.95. The highest BCUT2D eigenvalue weighted by Crippen LogP contribution is 2.29. The lowest BCUT2D eigenvalue weighted by atomic mass is 9.91. The van der Waals surface area contributed by atoms with Gasteiger partial charge < -0.3 is 25.6 Å². The van der Waals surface area contributed by atoms with Crippen LogP contribution in [0.2, 0.25) is 0 Å². The van der Waals surface area contributed by atoms with E-state index in [0.29, 0.717) is 22.8 Å². The van der Waals surface area contributed by atoms with Crippen LogP contribution in [0.15, 0.2) is 24.3 Å². The number of fused-ring (bicyclic) bond motifs is 1. The van der Waals surface area contributed by atoms with Crippen LogP contribution in [0.3, 0.4) is 0 Å². The zero-order valence-electron chi connectivity index (χ0n) is 19.9. The van der Waals surface area contributed by atoms with E-state index in [2.05, 4.69) is 25.6 Å². The van der Waals surface area contributed by atoms with Crippen LogP contribution in [-0.2, 0) is 12.8 Å². The number of nitrogens with zero attached hydrogens (tertiary/aromatic N) is 3. The van der Waals surface area contributed by atoms with Crippen LogP contribution in [0.25, 0.3) is 0 Å². The van der Waals surface area contributed by atoms with E-state index >= 15 is 0 Å². The van der Waals surface area contributed by atoms with Crippen LogP contribution in [0.5, 0.6) is 5.75 Å². The molecule has 0 radical (unpaired) electrons. The van der Waals surface area contributed by atoms with E-state index in [9.17, 15) is 13.2 Å². The lowest BCUT2D eigenvalue weighted by Crippen LogP contribution is -2.42. The number of ether oxygens (including phenoxy) is 1. The van der Waals surface area contributed by atoms with Gasteiger partial charge in [-0.25, -0.2) is 4.98 Å². The Morgan fingerprint density at radius 3 is 2.31 bits per heavy atom.